The Morgan fingerprint density at radius 3 is 1.73 bits per heavy atom. The molecule has 338 valence electrons. The van der Waals surface area contributed by atoms with Gasteiger partial charge >= 0.3 is 0 Å². The fraction of sp³-hybridized carbons (Fsp3) is 0.0769. The lowest BCUT2D eigenvalue weighted by molar-refractivity contribution is 0.625. The van der Waals surface area contributed by atoms with E-state index in [0.717, 1.165) is 106 Å². The maximum atomic E-state index is 17.3. The normalized spacial score (nSPS) is 13.7. The molecule has 0 fully saturated rings. The van der Waals surface area contributed by atoms with Crippen molar-refractivity contribution in [3.05, 3.63) is 248 Å². The first-order valence-corrected chi connectivity index (χ1v) is 27.7. The summed E-state index contributed by atoms with van der Waals surface area (Å²) < 4.78 is 24.3. The van der Waals surface area contributed by atoms with Crippen molar-refractivity contribution in [1.82, 2.24) is 0 Å². The first-order valence-electron chi connectivity index (χ1n) is 24.2. The van der Waals surface area contributed by atoms with Crippen LogP contribution in [-0.4, -0.2) is 8.07 Å². The van der Waals surface area contributed by atoms with Crippen molar-refractivity contribution in [2.45, 2.75) is 32.0 Å². The van der Waals surface area contributed by atoms with E-state index in [1.807, 2.05) is 53.4 Å². The summed E-state index contributed by atoms with van der Waals surface area (Å²) in [6, 6.07) is 74.5. The van der Waals surface area contributed by atoms with Crippen LogP contribution >= 0.6 is 0 Å². The molecule has 1 atom stereocenters. The third-order valence-electron chi connectivity index (χ3n) is 14.0. The highest BCUT2D eigenvalue weighted by atomic mass is 28.3. The van der Waals surface area contributed by atoms with Gasteiger partial charge in [-0.25, -0.2) is 4.39 Å². The molecule has 1 heterocycles. The van der Waals surface area contributed by atoms with Crippen LogP contribution in [-0.2, 0) is 0 Å². The molecule has 0 saturated carbocycles. The second kappa shape index (κ2) is 17.7. The van der Waals surface area contributed by atoms with E-state index in [1.54, 1.807) is 6.07 Å². The third-order valence-corrected chi connectivity index (χ3v) is 16.0. The van der Waals surface area contributed by atoms with Crippen molar-refractivity contribution >= 4 is 90.9 Å². The molecule has 1 aliphatic carbocycles. The molecule has 10 aromatic carbocycles. The van der Waals surface area contributed by atoms with Gasteiger partial charge in [0.25, 0.3) is 0 Å². The highest BCUT2D eigenvalue weighted by Crippen LogP contribution is 2.48. The highest BCUT2D eigenvalue weighted by molar-refractivity contribution is 6.88. The SMILES string of the molecule is C[Si](C)(C)c1ccc(N(c2ccccc2)c2ccc(-c3ccc4c(c3)c3ccccc3c3c5ccc(N(c6ccccc6)c6c(F)cc(C7C=CC=CC7)cc6-c6ccccc6)cc5oc43)cc2)cc1. The molecule has 5 heteroatoms. The third kappa shape index (κ3) is 7.79. The van der Waals surface area contributed by atoms with E-state index in [-0.39, 0.29) is 11.7 Å². The number of halogens is 1. The number of furan rings is 1. The summed E-state index contributed by atoms with van der Waals surface area (Å²) in [7, 11) is -1.45. The summed E-state index contributed by atoms with van der Waals surface area (Å²) in [6.07, 6.45) is 9.25. The second-order valence-corrected chi connectivity index (χ2v) is 24.5. The summed E-state index contributed by atoms with van der Waals surface area (Å²) in [5.74, 6) is -0.190. The molecule has 70 heavy (non-hydrogen) atoms. The lowest BCUT2D eigenvalue weighted by Gasteiger charge is -2.29. The Morgan fingerprint density at radius 1 is 0.471 bits per heavy atom. The maximum Gasteiger partial charge on any atom is 0.148 e. The Kier molecular flexibility index (Phi) is 10.9. The van der Waals surface area contributed by atoms with E-state index in [9.17, 15) is 0 Å². The lowest BCUT2D eigenvalue weighted by atomic mass is 9.89. The van der Waals surface area contributed by atoms with Gasteiger partial charge < -0.3 is 14.2 Å². The molecule has 1 aliphatic rings. The van der Waals surface area contributed by atoms with E-state index in [4.69, 9.17) is 4.42 Å². The predicted octanol–water partition coefficient (Wildman–Crippen LogP) is 18.4. The van der Waals surface area contributed by atoms with Gasteiger partial charge in [-0.05, 0) is 130 Å². The van der Waals surface area contributed by atoms with Crippen LogP contribution in [0, 0.1) is 5.82 Å². The molecule has 0 aliphatic heterocycles. The van der Waals surface area contributed by atoms with Crippen molar-refractivity contribution in [3.63, 3.8) is 0 Å². The van der Waals surface area contributed by atoms with Crippen LogP contribution in [0.25, 0.3) is 65.7 Å². The van der Waals surface area contributed by atoms with Crippen LogP contribution in [0.4, 0.5) is 38.5 Å². The molecule has 12 rings (SSSR count). The van der Waals surface area contributed by atoms with Crippen LogP contribution in [0.2, 0.25) is 19.6 Å². The molecule has 0 saturated heterocycles. The lowest BCUT2D eigenvalue weighted by Crippen LogP contribution is -2.37. The van der Waals surface area contributed by atoms with Gasteiger partial charge in [0, 0.05) is 56.5 Å². The quantitative estimate of drug-likeness (QED) is 0.101. The van der Waals surface area contributed by atoms with Gasteiger partial charge in [-0.3, -0.25) is 0 Å². The van der Waals surface area contributed by atoms with Crippen LogP contribution in [0.1, 0.15) is 17.9 Å². The molecule has 1 unspecified atom stereocenters. The van der Waals surface area contributed by atoms with Crippen molar-refractivity contribution in [2.24, 2.45) is 0 Å². The van der Waals surface area contributed by atoms with Crippen LogP contribution in [0.3, 0.4) is 0 Å². The predicted molar refractivity (Wildman–Crippen MR) is 298 cm³/mol. The van der Waals surface area contributed by atoms with Gasteiger partial charge in [0.15, 0.2) is 0 Å². The van der Waals surface area contributed by atoms with E-state index in [1.165, 1.54) is 5.19 Å². The number of anilines is 6. The van der Waals surface area contributed by atoms with Crippen molar-refractivity contribution in [2.75, 3.05) is 9.80 Å². The summed E-state index contributed by atoms with van der Waals surface area (Å²) in [6.45, 7) is 7.17. The Morgan fingerprint density at radius 2 is 1.06 bits per heavy atom. The van der Waals surface area contributed by atoms with E-state index in [0.29, 0.717) is 5.69 Å². The monoisotopic (exact) mass is 922 g/mol. The number of benzene rings is 10. The Balaban J connectivity index is 0.968. The molecule has 0 radical (unpaired) electrons. The number of fused-ring (bicyclic) bond motifs is 8. The Bertz CT molecular complexity index is 3780. The summed E-state index contributed by atoms with van der Waals surface area (Å²) in [5.41, 5.74) is 12.1. The van der Waals surface area contributed by atoms with Crippen LogP contribution in [0.15, 0.2) is 241 Å². The number of allylic oxidation sites excluding steroid dienone is 4. The first kappa shape index (κ1) is 43.1. The molecule has 1 aromatic heterocycles. The topological polar surface area (TPSA) is 19.6 Å². The van der Waals surface area contributed by atoms with Crippen molar-refractivity contribution in [1.29, 1.82) is 0 Å². The van der Waals surface area contributed by atoms with Gasteiger partial charge in [0.05, 0.1) is 19.4 Å². The minimum absolute atomic E-state index is 0.0914. The standard InChI is InChI=1S/C65H51FN2OSi/c1-70(2,3)54-36-33-52(34-37-54)67(49-22-12-6-13-23-49)51-31-28-45(29-32-51)47-30-38-57-60(40-47)55-26-16-17-27-56(55)63-58-39-35-53(43-62(58)69-65(57)63)68(50-24-14-7-15-25-50)64-59(46-20-10-5-11-21-46)41-48(42-61(64)66)44-18-8-4-9-19-44/h4-18,20-44H,19H2,1-3H3. The van der Waals surface area contributed by atoms with Crippen molar-refractivity contribution < 1.29 is 8.81 Å². The summed E-state index contributed by atoms with van der Waals surface area (Å²) >= 11 is 0. The smallest absolute Gasteiger partial charge is 0.148 e. The first-order chi connectivity index (χ1) is 34.3. The van der Waals surface area contributed by atoms with Crippen LogP contribution in [0.5, 0.6) is 0 Å². The highest BCUT2D eigenvalue weighted by Gasteiger charge is 2.26. The number of hydrogen-bond donors (Lipinski definition) is 0. The zero-order valence-electron chi connectivity index (χ0n) is 39.5. The van der Waals surface area contributed by atoms with Crippen LogP contribution < -0.4 is 15.0 Å². The van der Waals surface area contributed by atoms with Crippen molar-refractivity contribution in [3.8, 4) is 22.3 Å². The molecule has 0 N–H and O–H groups in total. The fourth-order valence-corrected chi connectivity index (χ4v) is 11.6. The molecule has 3 nitrogen and oxygen atoms in total. The zero-order valence-corrected chi connectivity index (χ0v) is 40.5. The summed E-state index contributed by atoms with van der Waals surface area (Å²) in [4.78, 5) is 4.37. The average Bonchev–Trinajstić information content (AvgIpc) is 3.80. The average molecular weight is 923 g/mol. The zero-order chi connectivity index (χ0) is 47.3. The van der Waals surface area contributed by atoms with Gasteiger partial charge in [-0.1, -0.05) is 170 Å². The summed E-state index contributed by atoms with van der Waals surface area (Å²) in [5, 5.41) is 7.99. The Labute approximate surface area is 409 Å². The minimum Gasteiger partial charge on any atom is -0.455 e. The number of rotatable bonds is 10. The van der Waals surface area contributed by atoms with Gasteiger partial charge in [0.1, 0.15) is 17.0 Å². The fourth-order valence-electron chi connectivity index (χ4n) is 10.4. The molecular formula is C65H51FN2OSi. The van der Waals surface area contributed by atoms with E-state index in [2.05, 4.69) is 207 Å². The minimum atomic E-state index is -1.45. The maximum absolute atomic E-state index is 17.3. The molecule has 0 spiro atoms. The van der Waals surface area contributed by atoms with Gasteiger partial charge in [-0.2, -0.15) is 0 Å². The molecule has 0 bridgehead atoms. The Hall–Kier alpha value is -8.25. The van der Waals surface area contributed by atoms with E-state index < -0.39 is 8.07 Å². The largest absolute Gasteiger partial charge is 0.455 e. The van der Waals surface area contributed by atoms with Gasteiger partial charge in [0.2, 0.25) is 0 Å². The van der Waals surface area contributed by atoms with Gasteiger partial charge in [-0.15, -0.1) is 0 Å². The molecular weight excluding hydrogens is 872 g/mol. The number of para-hydroxylation sites is 2. The molecule has 0 amide bonds. The second-order valence-electron chi connectivity index (χ2n) is 19.4. The number of nitrogens with zero attached hydrogens (tertiary/aromatic N) is 2. The van der Waals surface area contributed by atoms with E-state index >= 15 is 4.39 Å². The molecule has 11 aromatic rings. The number of hydrogen-bond acceptors (Lipinski definition) is 3.